The number of alkyl halides is 1. The fraction of sp³-hybridized carbons (Fsp3) is 0.250. The van der Waals surface area contributed by atoms with Crippen LogP contribution in [0.2, 0.25) is 5.02 Å². The molecule has 0 aliphatic rings. The summed E-state index contributed by atoms with van der Waals surface area (Å²) in [5, 5.41) is 0.771. The van der Waals surface area contributed by atoms with Gasteiger partial charge in [0, 0.05) is 16.8 Å². The van der Waals surface area contributed by atoms with Crippen LogP contribution >= 0.6 is 23.2 Å². The van der Waals surface area contributed by atoms with Gasteiger partial charge in [-0.15, -0.1) is 11.6 Å². The maximum absolute atomic E-state index is 6.19. The Morgan fingerprint density at radius 3 is 2.32 bits per heavy atom. The van der Waals surface area contributed by atoms with E-state index in [1.165, 1.54) is 0 Å². The van der Waals surface area contributed by atoms with Crippen molar-refractivity contribution in [2.45, 2.75) is 12.3 Å². The molecule has 1 nitrogen and oxygen atoms in total. The quantitative estimate of drug-likeness (QED) is 0.671. The lowest BCUT2D eigenvalue weighted by Crippen LogP contribution is -2.08. The topological polar surface area (TPSA) is 9.23 Å². The van der Waals surface area contributed by atoms with E-state index in [0.29, 0.717) is 12.5 Å². The van der Waals surface area contributed by atoms with Crippen LogP contribution in [0.5, 0.6) is 5.75 Å². The molecule has 19 heavy (non-hydrogen) atoms. The van der Waals surface area contributed by atoms with E-state index >= 15 is 0 Å². The largest absolute Gasteiger partial charge is 0.494 e. The number of hydrogen-bond donors (Lipinski definition) is 0. The minimum atomic E-state index is 0.221. The van der Waals surface area contributed by atoms with E-state index in [-0.39, 0.29) is 5.92 Å². The molecule has 0 saturated heterocycles. The fourth-order valence-electron chi connectivity index (χ4n) is 1.96. The monoisotopic (exact) mass is 294 g/mol. The van der Waals surface area contributed by atoms with Gasteiger partial charge in [-0.1, -0.05) is 48.0 Å². The van der Waals surface area contributed by atoms with Crippen LogP contribution in [0.3, 0.4) is 0 Å². The van der Waals surface area contributed by atoms with Gasteiger partial charge in [0.1, 0.15) is 5.75 Å². The summed E-state index contributed by atoms with van der Waals surface area (Å²) in [6, 6.07) is 17.6. The van der Waals surface area contributed by atoms with Crippen molar-refractivity contribution in [3.05, 3.63) is 65.2 Å². The molecule has 0 aliphatic heterocycles. The van der Waals surface area contributed by atoms with Crippen molar-refractivity contribution in [1.29, 1.82) is 0 Å². The maximum Gasteiger partial charge on any atom is 0.119 e. The Kier molecular flexibility index (Phi) is 5.56. The maximum atomic E-state index is 6.19. The van der Waals surface area contributed by atoms with Crippen LogP contribution in [0.25, 0.3) is 0 Å². The first-order valence-electron chi connectivity index (χ1n) is 6.29. The zero-order chi connectivity index (χ0) is 13.5. The lowest BCUT2D eigenvalue weighted by atomic mass is 9.98. The van der Waals surface area contributed by atoms with Crippen LogP contribution in [0.4, 0.5) is 0 Å². The third-order valence-corrected chi connectivity index (χ3v) is 3.73. The molecule has 0 bridgehead atoms. The summed E-state index contributed by atoms with van der Waals surface area (Å²) in [5.41, 5.74) is 1.09. The summed E-state index contributed by atoms with van der Waals surface area (Å²) in [6.45, 7) is 0.632. The van der Waals surface area contributed by atoms with E-state index in [2.05, 4.69) is 0 Å². The van der Waals surface area contributed by atoms with Crippen LogP contribution in [-0.4, -0.2) is 12.5 Å². The highest BCUT2D eigenvalue weighted by molar-refractivity contribution is 6.31. The number of benzene rings is 2. The van der Waals surface area contributed by atoms with Crippen LogP contribution in [0.1, 0.15) is 17.9 Å². The van der Waals surface area contributed by atoms with Crippen LogP contribution in [-0.2, 0) is 0 Å². The Balaban J connectivity index is 1.92. The summed E-state index contributed by atoms with van der Waals surface area (Å²) < 4.78 is 5.70. The second-order valence-corrected chi connectivity index (χ2v) is 5.04. The average Bonchev–Trinajstić information content (AvgIpc) is 2.46. The van der Waals surface area contributed by atoms with Gasteiger partial charge in [-0.3, -0.25) is 0 Å². The molecule has 2 aromatic carbocycles. The molecule has 2 aromatic rings. The van der Waals surface area contributed by atoms with E-state index < -0.39 is 0 Å². The molecule has 0 N–H and O–H groups in total. The van der Waals surface area contributed by atoms with Crippen LogP contribution in [0, 0.1) is 0 Å². The summed E-state index contributed by atoms with van der Waals surface area (Å²) in [4.78, 5) is 0. The van der Waals surface area contributed by atoms with Gasteiger partial charge >= 0.3 is 0 Å². The average molecular weight is 295 g/mol. The third kappa shape index (κ3) is 4.15. The molecule has 2 rings (SSSR count). The van der Waals surface area contributed by atoms with Crippen molar-refractivity contribution in [3.8, 4) is 5.75 Å². The molecular weight excluding hydrogens is 279 g/mol. The van der Waals surface area contributed by atoms with Gasteiger partial charge in [-0.25, -0.2) is 0 Å². The highest BCUT2D eigenvalue weighted by Gasteiger charge is 2.13. The first kappa shape index (κ1) is 14.2. The van der Waals surface area contributed by atoms with E-state index in [1.54, 1.807) is 0 Å². The molecule has 0 saturated carbocycles. The second kappa shape index (κ2) is 7.42. The van der Waals surface area contributed by atoms with Crippen molar-refractivity contribution < 1.29 is 4.74 Å². The molecule has 1 atom stereocenters. The normalized spacial score (nSPS) is 12.1. The Morgan fingerprint density at radius 2 is 1.63 bits per heavy atom. The molecule has 0 radical (unpaired) electrons. The highest BCUT2D eigenvalue weighted by Crippen LogP contribution is 2.28. The highest BCUT2D eigenvalue weighted by atomic mass is 35.5. The summed E-state index contributed by atoms with van der Waals surface area (Å²) in [5.74, 6) is 1.65. The fourth-order valence-corrected chi connectivity index (χ4v) is 2.57. The molecule has 3 heteroatoms. The molecule has 0 amide bonds. The van der Waals surface area contributed by atoms with E-state index in [0.717, 1.165) is 22.8 Å². The smallest absolute Gasteiger partial charge is 0.119 e. The zero-order valence-electron chi connectivity index (χ0n) is 10.6. The van der Waals surface area contributed by atoms with E-state index in [4.69, 9.17) is 27.9 Å². The Morgan fingerprint density at radius 1 is 0.947 bits per heavy atom. The molecule has 100 valence electrons. The van der Waals surface area contributed by atoms with Gasteiger partial charge < -0.3 is 4.74 Å². The van der Waals surface area contributed by atoms with Gasteiger partial charge in [-0.05, 0) is 30.2 Å². The summed E-state index contributed by atoms with van der Waals surface area (Å²) in [7, 11) is 0. The summed E-state index contributed by atoms with van der Waals surface area (Å²) in [6.07, 6.45) is 0.849. The Bertz CT molecular complexity index is 499. The van der Waals surface area contributed by atoms with Gasteiger partial charge in [0.25, 0.3) is 0 Å². The predicted octanol–water partition coefficient (Wildman–Crippen LogP) is 5.13. The first-order chi connectivity index (χ1) is 9.31. The van der Waals surface area contributed by atoms with E-state index in [1.807, 2.05) is 54.6 Å². The van der Waals surface area contributed by atoms with Crippen molar-refractivity contribution in [3.63, 3.8) is 0 Å². The van der Waals surface area contributed by atoms with Crippen molar-refractivity contribution in [1.82, 2.24) is 0 Å². The number of halogens is 2. The van der Waals surface area contributed by atoms with Crippen LogP contribution < -0.4 is 4.74 Å². The minimum absolute atomic E-state index is 0.221. The number of hydrogen-bond acceptors (Lipinski definition) is 1. The number of ether oxygens (including phenoxy) is 1. The molecular formula is C16H16Cl2O. The first-order valence-corrected chi connectivity index (χ1v) is 7.20. The lowest BCUT2D eigenvalue weighted by molar-refractivity contribution is 0.301. The molecule has 0 heterocycles. The Hall–Kier alpha value is -1.18. The molecule has 0 spiro atoms. The predicted molar refractivity (Wildman–Crippen MR) is 81.5 cm³/mol. The van der Waals surface area contributed by atoms with Gasteiger partial charge in [0.05, 0.1) is 6.61 Å². The van der Waals surface area contributed by atoms with Crippen molar-refractivity contribution >= 4 is 23.2 Å². The number of para-hydroxylation sites is 1. The minimum Gasteiger partial charge on any atom is -0.494 e. The van der Waals surface area contributed by atoms with Crippen LogP contribution in [0.15, 0.2) is 54.6 Å². The van der Waals surface area contributed by atoms with Gasteiger partial charge in [0.15, 0.2) is 0 Å². The zero-order valence-corrected chi connectivity index (χ0v) is 12.1. The van der Waals surface area contributed by atoms with Crippen molar-refractivity contribution in [2.75, 3.05) is 12.5 Å². The SMILES string of the molecule is ClCC(CCOc1ccccc1)c1ccccc1Cl. The van der Waals surface area contributed by atoms with E-state index in [9.17, 15) is 0 Å². The Labute approximate surface area is 124 Å². The molecule has 0 aliphatic carbocycles. The molecule has 0 aromatic heterocycles. The third-order valence-electron chi connectivity index (χ3n) is 3.01. The summed E-state index contributed by atoms with van der Waals surface area (Å²) >= 11 is 12.2. The molecule has 0 fully saturated rings. The molecule has 1 unspecified atom stereocenters. The number of rotatable bonds is 6. The standard InChI is InChI=1S/C16H16Cl2O/c17-12-13(15-8-4-5-9-16(15)18)10-11-19-14-6-2-1-3-7-14/h1-9,13H,10-12H2. The van der Waals surface area contributed by atoms with Gasteiger partial charge in [-0.2, -0.15) is 0 Å². The lowest BCUT2D eigenvalue weighted by Gasteiger charge is -2.16. The van der Waals surface area contributed by atoms with Crippen molar-refractivity contribution in [2.24, 2.45) is 0 Å². The van der Waals surface area contributed by atoms with Gasteiger partial charge in [0.2, 0.25) is 0 Å². The second-order valence-electron chi connectivity index (χ2n) is 4.32.